The summed E-state index contributed by atoms with van der Waals surface area (Å²) in [6.45, 7) is 4.78. The van der Waals surface area contributed by atoms with Crippen LogP contribution in [0.1, 0.15) is 58.8 Å². The first-order valence-corrected chi connectivity index (χ1v) is 13.3. The molecule has 0 amide bonds. The average molecular weight is 579 g/mol. The molecule has 1 aliphatic heterocycles. The minimum atomic E-state index is -0.244. The van der Waals surface area contributed by atoms with Crippen molar-refractivity contribution in [3.8, 4) is 0 Å². The molecule has 9 atom stereocenters. The number of carbonyl (C=O) groups excluding carboxylic acids is 2. The van der Waals surface area contributed by atoms with E-state index in [4.69, 9.17) is 4.74 Å². The highest BCUT2D eigenvalue weighted by molar-refractivity contribution is 9.12. The molecule has 0 radical (unpaired) electrons. The molecule has 6 heteroatoms. The zero-order valence-electron chi connectivity index (χ0n) is 16.3. The van der Waals surface area contributed by atoms with Crippen LogP contribution in [0.15, 0.2) is 11.6 Å². The average Bonchev–Trinajstić information content (AvgIpc) is 3.16. The molecule has 0 aromatic carbocycles. The molecule has 0 unspecified atom stereocenters. The van der Waals surface area contributed by atoms with Crippen LogP contribution in [0.3, 0.4) is 0 Å². The summed E-state index contributed by atoms with van der Waals surface area (Å²) in [6, 6.07) is 0. The number of allylic oxidation sites excluding steroid dienone is 1. The van der Waals surface area contributed by atoms with Gasteiger partial charge in [0, 0.05) is 21.5 Å². The molecular weight excluding hydrogens is 552 g/mol. The van der Waals surface area contributed by atoms with Crippen molar-refractivity contribution < 1.29 is 14.3 Å². The number of hydrogen-bond donors (Lipinski definition) is 0. The van der Waals surface area contributed by atoms with Gasteiger partial charge in [-0.15, -0.1) is 0 Å². The van der Waals surface area contributed by atoms with Crippen LogP contribution in [-0.4, -0.2) is 31.8 Å². The SMILES string of the molecule is C[C@]12C[C@@H](Br)C(=O)C=C1[C@H](Br)[C@@H](Br)[C@@H]1[C@@H]2CC[C@@]2(C)[C@H]1CC[C@@]21CCC(=O)O1. The first-order valence-electron chi connectivity index (χ1n) is 10.5. The summed E-state index contributed by atoms with van der Waals surface area (Å²) in [5.74, 6) is 1.82. The summed E-state index contributed by atoms with van der Waals surface area (Å²) in [5.41, 5.74) is 1.13. The van der Waals surface area contributed by atoms with Gasteiger partial charge in [0.1, 0.15) is 5.60 Å². The zero-order chi connectivity index (χ0) is 20.1. The normalized spacial score (nSPS) is 55.4. The summed E-state index contributed by atoms with van der Waals surface area (Å²) in [6.07, 6.45) is 8.66. The van der Waals surface area contributed by atoms with E-state index in [1.165, 1.54) is 5.57 Å². The summed E-state index contributed by atoms with van der Waals surface area (Å²) >= 11 is 11.7. The van der Waals surface area contributed by atoms with Gasteiger partial charge in [-0.3, -0.25) is 9.59 Å². The fourth-order valence-electron chi connectivity index (χ4n) is 7.80. The van der Waals surface area contributed by atoms with E-state index in [0.29, 0.717) is 29.0 Å². The van der Waals surface area contributed by atoms with Crippen LogP contribution in [0.2, 0.25) is 0 Å². The third-order valence-corrected chi connectivity index (χ3v) is 13.0. The fraction of sp³-hybridized carbons (Fsp3) is 0.818. The molecule has 1 heterocycles. The molecule has 1 spiro atoms. The standard InChI is InChI=1S/C22H27Br3O3/c1-20-10-14(23)15(26)9-13(20)18(24)19(25)17-11(20)3-6-21(2)12(17)4-7-22(21)8-5-16(27)28-22/h9,11-12,14,17-19H,3-8,10H2,1-2H3/t11-,12-,14+,17+,18-,19-,20+,21-,22+/m0/s1. The summed E-state index contributed by atoms with van der Waals surface area (Å²) in [4.78, 5) is 24.9. The second kappa shape index (κ2) is 6.41. The number of rotatable bonds is 0. The molecule has 0 aromatic rings. The minimum absolute atomic E-state index is 0.00786. The van der Waals surface area contributed by atoms with Crippen molar-refractivity contribution in [2.45, 2.75) is 78.9 Å². The number of esters is 1. The minimum Gasteiger partial charge on any atom is -0.458 e. The van der Waals surface area contributed by atoms with Crippen LogP contribution >= 0.6 is 47.8 Å². The van der Waals surface area contributed by atoms with E-state index in [1.54, 1.807) is 0 Å². The quantitative estimate of drug-likeness (QED) is 0.273. The van der Waals surface area contributed by atoms with Crippen LogP contribution in [0, 0.1) is 28.6 Å². The zero-order valence-corrected chi connectivity index (χ0v) is 21.1. The molecular formula is C22H27Br3O3. The highest BCUT2D eigenvalue weighted by Gasteiger charge is 2.69. The van der Waals surface area contributed by atoms with Crippen molar-refractivity contribution in [1.29, 1.82) is 0 Å². The van der Waals surface area contributed by atoms with Gasteiger partial charge in [0.15, 0.2) is 5.78 Å². The van der Waals surface area contributed by atoms with Crippen molar-refractivity contribution in [2.75, 3.05) is 0 Å². The van der Waals surface area contributed by atoms with Crippen molar-refractivity contribution in [1.82, 2.24) is 0 Å². The number of carbonyl (C=O) groups is 2. The predicted molar refractivity (Wildman–Crippen MR) is 119 cm³/mol. The smallest absolute Gasteiger partial charge is 0.306 e. The number of ketones is 1. The number of fused-ring (bicyclic) bond motifs is 6. The van der Waals surface area contributed by atoms with Crippen molar-refractivity contribution in [3.63, 3.8) is 0 Å². The lowest BCUT2D eigenvalue weighted by atomic mass is 9.46. The Bertz CT molecular complexity index is 781. The molecule has 4 fully saturated rings. The molecule has 1 saturated heterocycles. The van der Waals surface area contributed by atoms with Gasteiger partial charge in [-0.05, 0) is 73.3 Å². The van der Waals surface area contributed by atoms with Gasteiger partial charge in [0.2, 0.25) is 0 Å². The van der Waals surface area contributed by atoms with Gasteiger partial charge in [-0.1, -0.05) is 61.6 Å². The molecule has 4 aliphatic carbocycles. The first kappa shape index (κ1) is 20.2. The van der Waals surface area contributed by atoms with Crippen molar-refractivity contribution in [3.05, 3.63) is 11.6 Å². The van der Waals surface area contributed by atoms with Gasteiger partial charge >= 0.3 is 5.97 Å². The molecule has 154 valence electrons. The lowest BCUT2D eigenvalue weighted by molar-refractivity contribution is -0.167. The van der Waals surface area contributed by atoms with Gasteiger partial charge in [-0.2, -0.15) is 0 Å². The van der Waals surface area contributed by atoms with Crippen LogP contribution in [0.5, 0.6) is 0 Å². The number of hydrogen-bond acceptors (Lipinski definition) is 3. The Balaban J connectivity index is 1.56. The maximum Gasteiger partial charge on any atom is 0.306 e. The topological polar surface area (TPSA) is 43.4 Å². The van der Waals surface area contributed by atoms with Gasteiger partial charge in [-0.25, -0.2) is 0 Å². The molecule has 3 saturated carbocycles. The lowest BCUT2D eigenvalue weighted by Gasteiger charge is -2.61. The molecule has 5 rings (SSSR count). The predicted octanol–water partition coefficient (Wildman–Crippen LogP) is 5.71. The summed E-state index contributed by atoms with van der Waals surface area (Å²) in [7, 11) is 0. The molecule has 28 heavy (non-hydrogen) atoms. The van der Waals surface area contributed by atoms with E-state index in [9.17, 15) is 9.59 Å². The highest BCUT2D eigenvalue weighted by atomic mass is 79.9. The largest absolute Gasteiger partial charge is 0.458 e. The molecule has 0 bridgehead atoms. The van der Waals surface area contributed by atoms with E-state index in [0.717, 1.165) is 38.5 Å². The molecule has 5 aliphatic rings. The third kappa shape index (κ3) is 2.43. The molecule has 0 aromatic heterocycles. The maximum atomic E-state index is 12.4. The second-order valence-corrected chi connectivity index (χ2v) is 13.3. The Hall–Kier alpha value is 0.320. The van der Waals surface area contributed by atoms with Gasteiger partial charge < -0.3 is 4.74 Å². The number of ether oxygens (including phenoxy) is 1. The molecule has 3 nitrogen and oxygen atoms in total. The van der Waals surface area contributed by atoms with Crippen LogP contribution in [0.25, 0.3) is 0 Å². The first-order chi connectivity index (χ1) is 13.1. The van der Waals surface area contributed by atoms with Crippen molar-refractivity contribution in [2.24, 2.45) is 28.6 Å². The highest BCUT2D eigenvalue weighted by Crippen LogP contribution is 2.71. The molecule has 0 N–H and O–H groups in total. The van der Waals surface area contributed by atoms with Crippen LogP contribution in [-0.2, 0) is 14.3 Å². The fourth-order valence-corrected chi connectivity index (χ4v) is 10.6. The summed E-state index contributed by atoms with van der Waals surface area (Å²) < 4.78 is 6.06. The second-order valence-electron chi connectivity index (χ2n) is 10.2. The Kier molecular flexibility index (Phi) is 4.64. The Morgan fingerprint density at radius 1 is 1.04 bits per heavy atom. The van der Waals surface area contributed by atoms with E-state index < -0.39 is 0 Å². The van der Waals surface area contributed by atoms with E-state index in [-0.39, 0.29) is 37.8 Å². The van der Waals surface area contributed by atoms with E-state index in [1.807, 2.05) is 6.08 Å². The number of halogens is 3. The van der Waals surface area contributed by atoms with Gasteiger partial charge in [0.05, 0.1) is 4.83 Å². The Labute approximate surface area is 192 Å². The van der Waals surface area contributed by atoms with Gasteiger partial charge in [0.25, 0.3) is 0 Å². The maximum absolute atomic E-state index is 12.4. The lowest BCUT2D eigenvalue weighted by Crippen LogP contribution is -2.60. The number of alkyl halides is 3. The summed E-state index contributed by atoms with van der Waals surface area (Å²) in [5, 5.41) is 0. The van der Waals surface area contributed by atoms with Crippen LogP contribution in [0.4, 0.5) is 0 Å². The van der Waals surface area contributed by atoms with E-state index in [2.05, 4.69) is 61.6 Å². The Morgan fingerprint density at radius 2 is 1.75 bits per heavy atom. The third-order valence-electron chi connectivity index (χ3n) is 9.30. The van der Waals surface area contributed by atoms with Crippen LogP contribution < -0.4 is 0 Å². The van der Waals surface area contributed by atoms with E-state index >= 15 is 0 Å². The Morgan fingerprint density at radius 3 is 2.43 bits per heavy atom. The van der Waals surface area contributed by atoms with Crippen molar-refractivity contribution >= 4 is 59.5 Å². The monoisotopic (exact) mass is 576 g/mol.